The zero-order chi connectivity index (χ0) is 11.5. The van der Waals surface area contributed by atoms with Gasteiger partial charge >= 0.3 is 0 Å². The highest BCUT2D eigenvalue weighted by Gasteiger charge is 2.17. The molecular formula is C12H21N3. The second-order valence-electron chi connectivity index (χ2n) is 4.71. The van der Waals surface area contributed by atoms with Crippen molar-refractivity contribution in [1.82, 2.24) is 4.98 Å². The van der Waals surface area contributed by atoms with E-state index in [-0.39, 0.29) is 5.54 Å². The summed E-state index contributed by atoms with van der Waals surface area (Å²) in [4.78, 5) is 4.31. The number of nitrogen functional groups attached to an aromatic ring is 1. The van der Waals surface area contributed by atoms with Crippen molar-refractivity contribution in [2.75, 3.05) is 11.1 Å². The van der Waals surface area contributed by atoms with Crippen LogP contribution in [0.25, 0.3) is 0 Å². The van der Waals surface area contributed by atoms with Crippen LogP contribution in [0.5, 0.6) is 0 Å². The Morgan fingerprint density at radius 3 is 2.67 bits per heavy atom. The van der Waals surface area contributed by atoms with Crippen molar-refractivity contribution in [2.24, 2.45) is 0 Å². The Hall–Kier alpha value is -1.25. The molecule has 0 fully saturated rings. The van der Waals surface area contributed by atoms with Crippen LogP contribution in [0.2, 0.25) is 0 Å². The number of hydrogen-bond acceptors (Lipinski definition) is 3. The van der Waals surface area contributed by atoms with Crippen LogP contribution in [0.1, 0.15) is 39.2 Å². The van der Waals surface area contributed by atoms with Crippen molar-refractivity contribution in [3.63, 3.8) is 0 Å². The molecule has 3 N–H and O–H groups in total. The van der Waals surface area contributed by atoms with Crippen LogP contribution >= 0.6 is 0 Å². The number of nitrogens with one attached hydrogen (secondary N) is 1. The molecule has 0 bridgehead atoms. The molecule has 1 rings (SSSR count). The SMILES string of the molecule is CCCC(C)(C)Nc1ncc(C)cc1N. The summed E-state index contributed by atoms with van der Waals surface area (Å²) in [5.74, 6) is 0.791. The summed E-state index contributed by atoms with van der Waals surface area (Å²) in [6.07, 6.45) is 4.08. The summed E-state index contributed by atoms with van der Waals surface area (Å²) < 4.78 is 0. The summed E-state index contributed by atoms with van der Waals surface area (Å²) in [5.41, 5.74) is 7.76. The standard InChI is InChI=1S/C12H21N3/c1-5-6-12(3,4)15-11-10(13)7-9(2)8-14-11/h7-8H,5-6,13H2,1-4H3,(H,14,15). The average Bonchev–Trinajstić information content (AvgIpc) is 2.09. The molecule has 3 nitrogen and oxygen atoms in total. The van der Waals surface area contributed by atoms with Crippen LogP contribution in [0.4, 0.5) is 11.5 Å². The molecule has 0 atom stereocenters. The second kappa shape index (κ2) is 4.51. The molecule has 0 aromatic carbocycles. The zero-order valence-electron chi connectivity index (χ0n) is 10.1. The van der Waals surface area contributed by atoms with Gasteiger partial charge in [0.2, 0.25) is 0 Å². The maximum Gasteiger partial charge on any atom is 0.149 e. The van der Waals surface area contributed by atoms with Crippen molar-refractivity contribution in [1.29, 1.82) is 0 Å². The third kappa shape index (κ3) is 3.42. The monoisotopic (exact) mass is 207 g/mol. The van der Waals surface area contributed by atoms with Crippen LogP contribution in [0.15, 0.2) is 12.3 Å². The maximum absolute atomic E-state index is 5.90. The molecule has 84 valence electrons. The third-order valence-electron chi connectivity index (χ3n) is 2.39. The van der Waals surface area contributed by atoms with Crippen molar-refractivity contribution >= 4 is 11.5 Å². The molecule has 0 unspecified atom stereocenters. The zero-order valence-corrected chi connectivity index (χ0v) is 10.1. The number of hydrogen-bond donors (Lipinski definition) is 2. The number of anilines is 2. The van der Waals surface area contributed by atoms with E-state index in [0.29, 0.717) is 0 Å². The van der Waals surface area contributed by atoms with Gasteiger partial charge in [-0.25, -0.2) is 4.98 Å². The fraction of sp³-hybridized carbons (Fsp3) is 0.583. The van der Waals surface area contributed by atoms with Crippen molar-refractivity contribution in [3.05, 3.63) is 17.8 Å². The maximum atomic E-state index is 5.90. The van der Waals surface area contributed by atoms with Gasteiger partial charge in [-0.2, -0.15) is 0 Å². The van der Waals surface area contributed by atoms with E-state index in [9.17, 15) is 0 Å². The molecule has 0 saturated carbocycles. The Morgan fingerprint density at radius 2 is 2.13 bits per heavy atom. The Morgan fingerprint density at radius 1 is 1.47 bits per heavy atom. The molecule has 3 heteroatoms. The summed E-state index contributed by atoms with van der Waals surface area (Å²) in [5, 5.41) is 3.38. The van der Waals surface area contributed by atoms with E-state index in [0.717, 1.165) is 29.9 Å². The summed E-state index contributed by atoms with van der Waals surface area (Å²) >= 11 is 0. The first kappa shape index (κ1) is 11.8. The fourth-order valence-corrected chi connectivity index (χ4v) is 1.70. The van der Waals surface area contributed by atoms with Gasteiger partial charge in [0, 0.05) is 11.7 Å². The van der Waals surface area contributed by atoms with Crippen molar-refractivity contribution in [3.8, 4) is 0 Å². The predicted octanol–water partition coefficient (Wildman–Crippen LogP) is 2.96. The van der Waals surface area contributed by atoms with Gasteiger partial charge in [-0.05, 0) is 38.8 Å². The smallest absolute Gasteiger partial charge is 0.149 e. The van der Waals surface area contributed by atoms with E-state index in [1.807, 2.05) is 19.2 Å². The van der Waals surface area contributed by atoms with Gasteiger partial charge in [-0.3, -0.25) is 0 Å². The average molecular weight is 207 g/mol. The molecule has 0 aliphatic heterocycles. The molecule has 0 aliphatic carbocycles. The van der Waals surface area contributed by atoms with Crippen LogP contribution in [0.3, 0.4) is 0 Å². The summed E-state index contributed by atoms with van der Waals surface area (Å²) in [6.45, 7) is 8.49. The van der Waals surface area contributed by atoms with Gasteiger partial charge in [-0.15, -0.1) is 0 Å². The number of pyridine rings is 1. The lowest BCUT2D eigenvalue weighted by molar-refractivity contribution is 0.509. The predicted molar refractivity (Wildman–Crippen MR) is 66.0 cm³/mol. The van der Waals surface area contributed by atoms with Gasteiger partial charge in [0.15, 0.2) is 0 Å². The fourth-order valence-electron chi connectivity index (χ4n) is 1.70. The molecular weight excluding hydrogens is 186 g/mol. The van der Waals surface area contributed by atoms with E-state index in [2.05, 4.69) is 31.1 Å². The largest absolute Gasteiger partial charge is 0.396 e. The van der Waals surface area contributed by atoms with Gasteiger partial charge in [0.05, 0.1) is 5.69 Å². The molecule has 0 radical (unpaired) electrons. The minimum absolute atomic E-state index is 0.0468. The van der Waals surface area contributed by atoms with Crippen LogP contribution < -0.4 is 11.1 Å². The molecule has 0 amide bonds. The van der Waals surface area contributed by atoms with Gasteiger partial charge in [-0.1, -0.05) is 13.3 Å². The minimum atomic E-state index is 0.0468. The van der Waals surface area contributed by atoms with Crippen molar-refractivity contribution in [2.45, 2.75) is 46.1 Å². The van der Waals surface area contributed by atoms with Crippen molar-refractivity contribution < 1.29 is 0 Å². The topological polar surface area (TPSA) is 50.9 Å². The Bertz CT molecular complexity index is 332. The highest BCUT2D eigenvalue weighted by Crippen LogP contribution is 2.22. The number of aromatic nitrogens is 1. The van der Waals surface area contributed by atoms with Crippen LogP contribution in [-0.4, -0.2) is 10.5 Å². The first-order valence-electron chi connectivity index (χ1n) is 5.45. The third-order valence-corrected chi connectivity index (χ3v) is 2.39. The normalized spacial score (nSPS) is 11.5. The Balaban J connectivity index is 2.80. The molecule has 1 aromatic heterocycles. The van der Waals surface area contributed by atoms with Gasteiger partial charge in [0.1, 0.15) is 5.82 Å². The molecule has 0 aliphatic rings. The number of nitrogens with zero attached hydrogens (tertiary/aromatic N) is 1. The number of rotatable bonds is 4. The highest BCUT2D eigenvalue weighted by molar-refractivity contribution is 5.62. The van der Waals surface area contributed by atoms with E-state index in [1.54, 1.807) is 0 Å². The molecule has 0 saturated heterocycles. The lowest BCUT2D eigenvalue weighted by Crippen LogP contribution is -2.31. The molecule has 15 heavy (non-hydrogen) atoms. The van der Waals surface area contributed by atoms with E-state index in [4.69, 9.17) is 5.73 Å². The van der Waals surface area contributed by atoms with E-state index < -0.39 is 0 Å². The second-order valence-corrected chi connectivity index (χ2v) is 4.71. The van der Waals surface area contributed by atoms with Gasteiger partial charge in [0.25, 0.3) is 0 Å². The van der Waals surface area contributed by atoms with E-state index in [1.165, 1.54) is 0 Å². The van der Waals surface area contributed by atoms with Crippen LogP contribution in [0, 0.1) is 6.92 Å². The lowest BCUT2D eigenvalue weighted by Gasteiger charge is -2.27. The van der Waals surface area contributed by atoms with E-state index >= 15 is 0 Å². The Labute approximate surface area is 92.1 Å². The lowest BCUT2D eigenvalue weighted by atomic mass is 9.99. The minimum Gasteiger partial charge on any atom is -0.396 e. The molecule has 0 spiro atoms. The summed E-state index contributed by atoms with van der Waals surface area (Å²) in [7, 11) is 0. The first-order chi connectivity index (χ1) is 6.94. The number of aryl methyl sites for hydroxylation is 1. The van der Waals surface area contributed by atoms with Crippen LogP contribution in [-0.2, 0) is 0 Å². The number of nitrogens with two attached hydrogens (primary N) is 1. The molecule has 1 aromatic rings. The molecule has 1 heterocycles. The highest BCUT2D eigenvalue weighted by atomic mass is 15.1. The summed E-state index contributed by atoms with van der Waals surface area (Å²) in [6, 6.07) is 1.94. The first-order valence-corrected chi connectivity index (χ1v) is 5.45. The quantitative estimate of drug-likeness (QED) is 0.798. The Kier molecular flexibility index (Phi) is 3.56. The van der Waals surface area contributed by atoms with Gasteiger partial charge < -0.3 is 11.1 Å².